The van der Waals surface area contributed by atoms with Crippen LogP contribution in [0, 0.1) is 0 Å². The van der Waals surface area contributed by atoms with E-state index in [2.05, 4.69) is 15.5 Å². The quantitative estimate of drug-likeness (QED) is 0.328. The largest absolute Gasteiger partial charge is 0.493 e. The van der Waals surface area contributed by atoms with Gasteiger partial charge in [-0.25, -0.2) is 9.78 Å². The summed E-state index contributed by atoms with van der Waals surface area (Å²) in [5, 5.41) is 13.1. The summed E-state index contributed by atoms with van der Waals surface area (Å²) in [7, 11) is 1.44. The monoisotopic (exact) mass is 479 g/mol. The molecule has 0 spiro atoms. The summed E-state index contributed by atoms with van der Waals surface area (Å²) in [6.45, 7) is 0.130. The average molecular weight is 480 g/mol. The molecule has 33 heavy (non-hydrogen) atoms. The molecule has 0 atom stereocenters. The van der Waals surface area contributed by atoms with Gasteiger partial charge in [0, 0.05) is 6.20 Å². The van der Waals surface area contributed by atoms with Crippen molar-refractivity contribution in [2.75, 3.05) is 12.5 Å². The van der Waals surface area contributed by atoms with E-state index in [0.717, 1.165) is 17.7 Å². The number of aromatic carboxylic acids is 1. The van der Waals surface area contributed by atoms with Crippen molar-refractivity contribution in [2.24, 2.45) is 5.10 Å². The molecule has 0 fully saturated rings. The van der Waals surface area contributed by atoms with Crippen LogP contribution in [0.5, 0.6) is 11.5 Å². The van der Waals surface area contributed by atoms with E-state index in [-0.39, 0.29) is 28.8 Å². The third-order valence-corrected chi connectivity index (χ3v) is 4.60. The summed E-state index contributed by atoms with van der Waals surface area (Å²) in [5.74, 6) is -0.269. The number of benzene rings is 2. The first-order valence-corrected chi connectivity index (χ1v) is 9.70. The second-order valence-electron chi connectivity index (χ2n) is 6.62. The fraction of sp³-hybridized carbons (Fsp3) is 0.136. The molecule has 1 aromatic heterocycles. The maximum Gasteiger partial charge on any atom is 0.417 e. The highest BCUT2D eigenvalue weighted by atomic mass is 35.5. The first-order valence-electron chi connectivity index (χ1n) is 9.32. The SMILES string of the molecule is COc1cc(/C=N\Nc2ccc(C(F)(F)F)cn2)cc(Cl)c1OCc1ccc(C(=O)O)cc1. The number of hydrazone groups is 1. The van der Waals surface area contributed by atoms with Crippen LogP contribution in [0.25, 0.3) is 0 Å². The Morgan fingerprint density at radius 2 is 1.94 bits per heavy atom. The van der Waals surface area contributed by atoms with Crippen LogP contribution in [0.1, 0.15) is 27.0 Å². The van der Waals surface area contributed by atoms with Crippen molar-refractivity contribution >= 4 is 29.6 Å². The van der Waals surface area contributed by atoms with E-state index in [9.17, 15) is 18.0 Å². The number of hydrogen-bond acceptors (Lipinski definition) is 6. The zero-order chi connectivity index (χ0) is 24.0. The summed E-state index contributed by atoms with van der Waals surface area (Å²) in [5.41, 5.74) is 3.11. The molecular formula is C22H17ClF3N3O4. The minimum atomic E-state index is -4.46. The highest BCUT2D eigenvalue weighted by Crippen LogP contribution is 2.36. The Morgan fingerprint density at radius 1 is 1.21 bits per heavy atom. The van der Waals surface area contributed by atoms with E-state index in [1.165, 1.54) is 25.5 Å². The second kappa shape index (κ2) is 10.2. The Morgan fingerprint density at radius 3 is 2.52 bits per heavy atom. The lowest BCUT2D eigenvalue weighted by Gasteiger charge is -2.13. The lowest BCUT2D eigenvalue weighted by Crippen LogP contribution is -2.05. The van der Waals surface area contributed by atoms with E-state index in [0.29, 0.717) is 17.5 Å². The molecule has 0 unspecified atom stereocenters. The first-order chi connectivity index (χ1) is 15.7. The summed E-state index contributed by atoms with van der Waals surface area (Å²) in [6, 6.07) is 11.4. The van der Waals surface area contributed by atoms with Gasteiger partial charge in [0.1, 0.15) is 12.4 Å². The van der Waals surface area contributed by atoms with Gasteiger partial charge in [-0.15, -0.1) is 0 Å². The molecule has 0 aliphatic heterocycles. The van der Waals surface area contributed by atoms with Crippen LogP contribution in [0.3, 0.4) is 0 Å². The molecule has 0 saturated heterocycles. The fourth-order valence-corrected chi connectivity index (χ4v) is 2.93. The number of rotatable bonds is 8. The van der Waals surface area contributed by atoms with E-state index >= 15 is 0 Å². The van der Waals surface area contributed by atoms with Crippen LogP contribution in [-0.2, 0) is 12.8 Å². The molecule has 0 radical (unpaired) electrons. The number of hydrogen-bond donors (Lipinski definition) is 2. The zero-order valence-electron chi connectivity index (χ0n) is 17.1. The predicted molar refractivity (Wildman–Crippen MR) is 116 cm³/mol. The summed E-state index contributed by atoms with van der Waals surface area (Å²) in [4.78, 5) is 14.6. The number of anilines is 1. The minimum Gasteiger partial charge on any atom is -0.493 e. The number of nitrogens with zero attached hydrogens (tertiary/aromatic N) is 2. The minimum absolute atomic E-state index is 0.130. The van der Waals surface area contributed by atoms with Crippen LogP contribution in [0.2, 0.25) is 5.02 Å². The molecule has 3 aromatic rings. The van der Waals surface area contributed by atoms with Gasteiger partial charge in [0.2, 0.25) is 0 Å². The third-order valence-electron chi connectivity index (χ3n) is 4.32. The van der Waals surface area contributed by atoms with Crippen LogP contribution >= 0.6 is 11.6 Å². The topological polar surface area (TPSA) is 93.0 Å². The number of halogens is 4. The molecule has 7 nitrogen and oxygen atoms in total. The number of carbonyl (C=O) groups is 1. The number of aromatic nitrogens is 1. The van der Waals surface area contributed by atoms with Crippen molar-refractivity contribution in [3.05, 3.63) is 82.0 Å². The van der Waals surface area contributed by atoms with Crippen molar-refractivity contribution in [3.8, 4) is 11.5 Å². The van der Waals surface area contributed by atoms with E-state index in [1.807, 2.05) is 0 Å². The highest BCUT2D eigenvalue weighted by Gasteiger charge is 2.30. The number of methoxy groups -OCH3 is 1. The van der Waals surface area contributed by atoms with Gasteiger partial charge in [0.05, 0.1) is 29.5 Å². The standard InChI is InChI=1S/C22H17ClF3N3O4/c1-32-18-9-14(10-28-29-19-7-6-16(11-27-19)22(24,25)26)8-17(23)20(18)33-12-13-2-4-15(5-3-13)21(30)31/h2-11H,12H2,1H3,(H,27,29)(H,30,31)/b28-10-. The van der Waals surface area contributed by atoms with E-state index in [4.69, 9.17) is 26.2 Å². The molecule has 2 aromatic carbocycles. The Hall–Kier alpha value is -3.79. The summed E-state index contributed by atoms with van der Waals surface area (Å²) in [6.07, 6.45) is -2.37. The molecule has 1 heterocycles. The van der Waals surface area contributed by atoms with Crippen molar-refractivity contribution in [1.29, 1.82) is 0 Å². The van der Waals surface area contributed by atoms with Gasteiger partial charge in [-0.2, -0.15) is 18.3 Å². The number of pyridine rings is 1. The Labute approximate surface area is 191 Å². The number of ether oxygens (including phenoxy) is 2. The molecule has 0 amide bonds. The molecule has 0 saturated carbocycles. The molecule has 172 valence electrons. The zero-order valence-corrected chi connectivity index (χ0v) is 17.8. The molecular weight excluding hydrogens is 463 g/mol. The predicted octanol–water partition coefficient (Wildman–Crippen LogP) is 5.49. The third kappa shape index (κ3) is 6.36. The molecule has 0 bridgehead atoms. The summed E-state index contributed by atoms with van der Waals surface area (Å²) < 4.78 is 48.8. The summed E-state index contributed by atoms with van der Waals surface area (Å²) >= 11 is 6.32. The lowest BCUT2D eigenvalue weighted by molar-refractivity contribution is -0.137. The normalized spacial score (nSPS) is 11.4. The van der Waals surface area contributed by atoms with E-state index in [1.54, 1.807) is 24.3 Å². The van der Waals surface area contributed by atoms with Gasteiger partial charge >= 0.3 is 12.1 Å². The maximum atomic E-state index is 12.6. The molecule has 11 heteroatoms. The number of carboxylic acid groups (broad SMARTS) is 1. The average Bonchev–Trinajstić information content (AvgIpc) is 2.78. The molecule has 0 aliphatic carbocycles. The lowest BCUT2D eigenvalue weighted by atomic mass is 10.1. The van der Waals surface area contributed by atoms with Gasteiger partial charge in [0.15, 0.2) is 11.5 Å². The molecule has 3 rings (SSSR count). The Balaban J connectivity index is 1.67. The van der Waals surface area contributed by atoms with Crippen molar-refractivity contribution in [1.82, 2.24) is 4.98 Å². The highest BCUT2D eigenvalue weighted by molar-refractivity contribution is 6.32. The van der Waals surface area contributed by atoms with Gasteiger partial charge in [-0.05, 0) is 47.5 Å². The molecule has 2 N–H and O–H groups in total. The van der Waals surface area contributed by atoms with Gasteiger partial charge in [-0.1, -0.05) is 23.7 Å². The number of carboxylic acids is 1. The van der Waals surface area contributed by atoms with Crippen molar-refractivity contribution < 1.29 is 32.5 Å². The van der Waals surface area contributed by atoms with Gasteiger partial charge in [0.25, 0.3) is 0 Å². The van der Waals surface area contributed by atoms with Crippen LogP contribution in [-0.4, -0.2) is 29.4 Å². The van der Waals surface area contributed by atoms with Crippen LogP contribution < -0.4 is 14.9 Å². The number of alkyl halides is 3. The first kappa shape index (κ1) is 23.9. The van der Waals surface area contributed by atoms with Crippen molar-refractivity contribution in [2.45, 2.75) is 12.8 Å². The number of nitrogens with one attached hydrogen (secondary N) is 1. The Bertz CT molecular complexity index is 1150. The van der Waals surface area contributed by atoms with Crippen LogP contribution in [0.15, 0.2) is 59.8 Å². The van der Waals surface area contributed by atoms with Gasteiger partial charge in [-0.3, -0.25) is 5.43 Å². The molecule has 0 aliphatic rings. The van der Waals surface area contributed by atoms with Gasteiger partial charge < -0.3 is 14.6 Å². The smallest absolute Gasteiger partial charge is 0.417 e. The fourth-order valence-electron chi connectivity index (χ4n) is 2.65. The maximum absolute atomic E-state index is 12.6. The van der Waals surface area contributed by atoms with Crippen LogP contribution in [0.4, 0.5) is 19.0 Å². The second-order valence-corrected chi connectivity index (χ2v) is 7.03. The Kier molecular flexibility index (Phi) is 7.39. The van der Waals surface area contributed by atoms with E-state index < -0.39 is 17.7 Å². The van der Waals surface area contributed by atoms with Crippen molar-refractivity contribution in [3.63, 3.8) is 0 Å².